The van der Waals surface area contributed by atoms with Crippen molar-refractivity contribution in [2.24, 2.45) is 0 Å². The van der Waals surface area contributed by atoms with Gasteiger partial charge in [0.1, 0.15) is 12.4 Å². The highest BCUT2D eigenvalue weighted by Gasteiger charge is 2.18. The molecule has 1 atom stereocenters. The molecule has 0 saturated carbocycles. The number of nitrogens with one attached hydrogen (secondary N) is 1. The number of amides is 1. The number of rotatable bonds is 17. The Labute approximate surface area is 287 Å². The third-order valence-electron chi connectivity index (χ3n) is 8.47. The Morgan fingerprint density at radius 3 is 2.42 bits per heavy atom. The van der Waals surface area contributed by atoms with E-state index in [0.29, 0.717) is 29.5 Å². The number of ether oxygens (including phenoxy) is 2. The Kier molecular flexibility index (Phi) is 13.0. The predicted molar refractivity (Wildman–Crippen MR) is 196 cm³/mol. The van der Waals surface area contributed by atoms with Gasteiger partial charge in [0.05, 0.1) is 35.2 Å². The van der Waals surface area contributed by atoms with Crippen molar-refractivity contribution in [1.82, 2.24) is 9.55 Å². The molecule has 0 aliphatic carbocycles. The SMILES string of the molecule is CCCCOCCOc1ccc(-c2ccc(N3CCCC3)c(C(C)=CC(=O)Nc3ccc(S(=O)Cc4cncn4CCC)cc3)c2)cc1. The van der Waals surface area contributed by atoms with E-state index >= 15 is 0 Å². The third-order valence-corrected chi connectivity index (χ3v) is 9.82. The van der Waals surface area contributed by atoms with E-state index in [2.05, 4.69) is 59.4 Å². The number of benzene rings is 3. The average Bonchev–Trinajstić information content (AvgIpc) is 3.80. The van der Waals surface area contributed by atoms with E-state index in [4.69, 9.17) is 9.47 Å². The van der Waals surface area contributed by atoms with Gasteiger partial charge in [-0.3, -0.25) is 9.00 Å². The molecule has 48 heavy (non-hydrogen) atoms. The minimum Gasteiger partial charge on any atom is -0.491 e. The highest BCUT2D eigenvalue weighted by atomic mass is 32.2. The van der Waals surface area contributed by atoms with Gasteiger partial charge in [-0.1, -0.05) is 38.5 Å². The van der Waals surface area contributed by atoms with Crippen LogP contribution in [-0.2, 0) is 32.6 Å². The lowest BCUT2D eigenvalue weighted by Gasteiger charge is -2.23. The number of hydrogen-bond acceptors (Lipinski definition) is 6. The van der Waals surface area contributed by atoms with E-state index in [1.165, 1.54) is 12.8 Å². The van der Waals surface area contributed by atoms with Crippen molar-refractivity contribution >= 4 is 33.7 Å². The molecule has 4 aromatic rings. The van der Waals surface area contributed by atoms with Gasteiger partial charge in [0.2, 0.25) is 5.91 Å². The number of allylic oxidation sites excluding steroid dienone is 1. The van der Waals surface area contributed by atoms with E-state index in [9.17, 15) is 9.00 Å². The zero-order valence-electron chi connectivity index (χ0n) is 28.5. The fourth-order valence-corrected chi connectivity index (χ4v) is 6.96. The third kappa shape index (κ3) is 9.67. The fraction of sp³-hybridized carbons (Fsp3) is 0.385. The molecule has 1 aromatic heterocycles. The summed E-state index contributed by atoms with van der Waals surface area (Å²) in [7, 11) is -1.21. The normalized spacial score (nSPS) is 13.9. The van der Waals surface area contributed by atoms with E-state index in [1.807, 2.05) is 35.8 Å². The lowest BCUT2D eigenvalue weighted by atomic mass is 9.97. The maximum atomic E-state index is 13.2. The predicted octanol–water partition coefficient (Wildman–Crippen LogP) is 8.11. The zero-order chi connectivity index (χ0) is 33.7. The first-order valence-corrected chi connectivity index (χ1v) is 18.4. The number of aryl methyl sites for hydroxylation is 1. The van der Waals surface area contributed by atoms with Gasteiger partial charge in [0.25, 0.3) is 0 Å². The van der Waals surface area contributed by atoms with Gasteiger partial charge in [-0.2, -0.15) is 0 Å². The van der Waals surface area contributed by atoms with Gasteiger partial charge < -0.3 is 24.3 Å². The number of nitrogens with zero attached hydrogens (tertiary/aromatic N) is 3. The monoisotopic (exact) mass is 668 g/mol. The molecular formula is C39H48N4O4S. The molecule has 1 aliphatic heterocycles. The summed E-state index contributed by atoms with van der Waals surface area (Å²) in [6.07, 6.45) is 10.7. The van der Waals surface area contributed by atoms with Gasteiger partial charge in [-0.05, 0) is 97.8 Å². The number of carbonyl (C=O) groups is 1. The Morgan fingerprint density at radius 2 is 1.69 bits per heavy atom. The summed E-state index contributed by atoms with van der Waals surface area (Å²) in [4.78, 5) is 20.5. The summed E-state index contributed by atoms with van der Waals surface area (Å²) >= 11 is 0. The van der Waals surface area contributed by atoms with Crippen LogP contribution in [0.15, 0.2) is 90.2 Å². The molecule has 1 unspecified atom stereocenters. The zero-order valence-corrected chi connectivity index (χ0v) is 29.3. The Balaban J connectivity index is 1.25. The smallest absolute Gasteiger partial charge is 0.248 e. The van der Waals surface area contributed by atoms with Crippen molar-refractivity contribution in [2.45, 2.75) is 70.1 Å². The molecule has 1 N–H and O–H groups in total. The molecule has 5 rings (SSSR count). The van der Waals surface area contributed by atoms with E-state index in [-0.39, 0.29) is 5.91 Å². The molecule has 1 aliphatic rings. The van der Waals surface area contributed by atoms with Crippen LogP contribution in [0.2, 0.25) is 0 Å². The number of anilines is 2. The maximum Gasteiger partial charge on any atom is 0.248 e. The average molecular weight is 669 g/mol. The second-order valence-electron chi connectivity index (χ2n) is 12.2. The highest BCUT2D eigenvalue weighted by Crippen LogP contribution is 2.34. The molecule has 3 aromatic carbocycles. The highest BCUT2D eigenvalue weighted by molar-refractivity contribution is 7.84. The summed E-state index contributed by atoms with van der Waals surface area (Å²) in [5.41, 5.74) is 6.85. The molecule has 8 nitrogen and oxygen atoms in total. The van der Waals surface area contributed by atoms with Gasteiger partial charge in [0, 0.05) is 60.3 Å². The number of imidazole rings is 1. The van der Waals surface area contributed by atoms with Crippen molar-refractivity contribution in [3.63, 3.8) is 0 Å². The fourth-order valence-electron chi connectivity index (χ4n) is 5.85. The maximum absolute atomic E-state index is 13.2. The van der Waals surface area contributed by atoms with Crippen LogP contribution in [0.4, 0.5) is 11.4 Å². The van der Waals surface area contributed by atoms with Gasteiger partial charge >= 0.3 is 0 Å². The van der Waals surface area contributed by atoms with Gasteiger partial charge in [0.15, 0.2) is 0 Å². The molecule has 1 amide bonds. The van der Waals surface area contributed by atoms with Crippen molar-refractivity contribution in [3.05, 3.63) is 96.6 Å². The van der Waals surface area contributed by atoms with Crippen molar-refractivity contribution in [1.29, 1.82) is 0 Å². The minimum absolute atomic E-state index is 0.206. The second kappa shape index (κ2) is 17.8. The van der Waals surface area contributed by atoms with Crippen LogP contribution in [0.3, 0.4) is 0 Å². The Hall–Kier alpha value is -4.21. The summed E-state index contributed by atoms with van der Waals surface area (Å²) in [5, 5.41) is 2.99. The summed E-state index contributed by atoms with van der Waals surface area (Å²) in [5.74, 6) is 1.01. The molecule has 0 bridgehead atoms. The summed E-state index contributed by atoms with van der Waals surface area (Å²) in [6.45, 7) is 11.0. The standard InChI is InChI=1S/C39H48N4O4S/c1-4-6-22-46-23-24-47-35-14-9-31(10-15-35)32-11-18-38(42-20-7-8-21-42)37(26-32)30(3)25-39(44)41-33-12-16-36(17-13-33)48(45)28-34-27-40-29-43(34)19-5-2/h9-18,25-27,29H,4-8,19-24,28H2,1-3H3,(H,41,44). The second-order valence-corrected chi connectivity index (χ2v) is 13.6. The van der Waals surface area contributed by atoms with Gasteiger partial charge in [-0.25, -0.2) is 4.98 Å². The van der Waals surface area contributed by atoms with Crippen LogP contribution in [0, 0.1) is 0 Å². The van der Waals surface area contributed by atoms with Gasteiger partial charge in [-0.15, -0.1) is 0 Å². The molecule has 1 saturated heterocycles. The largest absolute Gasteiger partial charge is 0.491 e. The molecule has 2 heterocycles. The van der Waals surface area contributed by atoms with Crippen LogP contribution in [0.5, 0.6) is 5.75 Å². The molecule has 9 heteroatoms. The van der Waals surface area contributed by atoms with Crippen molar-refractivity contribution < 1.29 is 18.5 Å². The van der Waals surface area contributed by atoms with Crippen LogP contribution in [-0.4, -0.2) is 52.6 Å². The number of hydrogen-bond donors (Lipinski definition) is 1. The quantitative estimate of drug-likeness (QED) is 0.0904. The topological polar surface area (TPSA) is 85.7 Å². The lowest BCUT2D eigenvalue weighted by Crippen LogP contribution is -2.19. The summed E-state index contributed by atoms with van der Waals surface area (Å²) in [6, 6.07) is 21.9. The van der Waals surface area contributed by atoms with E-state index in [0.717, 1.165) is 84.9 Å². The molecule has 0 spiro atoms. The first-order valence-electron chi connectivity index (χ1n) is 17.1. The number of unbranched alkanes of at least 4 members (excludes halogenated alkanes) is 1. The number of carbonyl (C=O) groups excluding carboxylic acids is 1. The van der Waals surface area contributed by atoms with Crippen LogP contribution in [0.25, 0.3) is 16.7 Å². The van der Waals surface area contributed by atoms with E-state index < -0.39 is 10.8 Å². The lowest BCUT2D eigenvalue weighted by molar-refractivity contribution is -0.111. The number of aromatic nitrogens is 2. The first kappa shape index (κ1) is 35.1. The van der Waals surface area contributed by atoms with Crippen LogP contribution >= 0.6 is 0 Å². The van der Waals surface area contributed by atoms with Crippen molar-refractivity contribution in [3.8, 4) is 16.9 Å². The van der Waals surface area contributed by atoms with Crippen LogP contribution in [0.1, 0.15) is 64.1 Å². The molecule has 254 valence electrons. The molecule has 0 radical (unpaired) electrons. The van der Waals surface area contributed by atoms with E-state index in [1.54, 1.807) is 30.7 Å². The summed E-state index contributed by atoms with van der Waals surface area (Å²) < 4.78 is 26.5. The molecular weight excluding hydrogens is 621 g/mol. The minimum atomic E-state index is -1.21. The van der Waals surface area contributed by atoms with Crippen LogP contribution < -0.4 is 15.0 Å². The van der Waals surface area contributed by atoms with Crippen molar-refractivity contribution in [2.75, 3.05) is 43.1 Å². The Bertz CT molecular complexity index is 1680. The molecule has 1 fully saturated rings. The first-order chi connectivity index (χ1) is 23.4. The Morgan fingerprint density at radius 1 is 0.938 bits per heavy atom.